The molecule has 0 fully saturated rings. The Hall–Kier alpha value is -1.10. The molecule has 0 aliphatic rings. The monoisotopic (exact) mass is 281 g/mol. The second-order valence-corrected chi connectivity index (χ2v) is 5.46. The molecule has 0 saturated heterocycles. The smallest absolute Gasteiger partial charge is 0.123 e. The van der Waals surface area contributed by atoms with Crippen LogP contribution in [0.4, 0.5) is 0 Å². The van der Waals surface area contributed by atoms with Gasteiger partial charge in [0.15, 0.2) is 0 Å². The average molecular weight is 281 g/mol. The lowest BCUT2D eigenvalue weighted by molar-refractivity contribution is 0.0251. The number of aliphatic hydroxyl groups is 1. The van der Waals surface area contributed by atoms with E-state index in [2.05, 4.69) is 26.1 Å². The molecular formula is C16H27NO3. The first-order valence-corrected chi connectivity index (χ1v) is 7.16. The minimum atomic E-state index is -0.495. The van der Waals surface area contributed by atoms with Gasteiger partial charge in [-0.2, -0.15) is 0 Å². The van der Waals surface area contributed by atoms with Gasteiger partial charge in [-0.25, -0.2) is 0 Å². The van der Waals surface area contributed by atoms with Crippen molar-refractivity contribution in [1.29, 1.82) is 0 Å². The second-order valence-electron chi connectivity index (χ2n) is 5.46. The SMILES string of the molecule is COc1ccccc1[C@H](C)NCC(O)COCC(C)C. The maximum atomic E-state index is 9.87. The standard InChI is InChI=1S/C16H27NO3/c1-12(2)10-20-11-14(18)9-17-13(3)15-7-5-6-8-16(15)19-4/h5-8,12-14,17-18H,9-11H2,1-4H3/t13-,14?/m0/s1. The Labute approximate surface area is 122 Å². The molecule has 4 heteroatoms. The zero-order chi connectivity index (χ0) is 15.0. The predicted molar refractivity (Wildman–Crippen MR) is 81.1 cm³/mol. The van der Waals surface area contributed by atoms with Crippen LogP contribution in [0.3, 0.4) is 0 Å². The van der Waals surface area contributed by atoms with Crippen LogP contribution in [0.25, 0.3) is 0 Å². The first kappa shape index (κ1) is 17.0. The lowest BCUT2D eigenvalue weighted by atomic mass is 10.1. The molecule has 0 radical (unpaired) electrons. The van der Waals surface area contributed by atoms with E-state index in [1.165, 1.54) is 0 Å². The fourth-order valence-corrected chi connectivity index (χ4v) is 1.95. The summed E-state index contributed by atoms with van der Waals surface area (Å²) in [6.07, 6.45) is -0.495. The van der Waals surface area contributed by atoms with E-state index in [-0.39, 0.29) is 6.04 Å². The van der Waals surface area contributed by atoms with Crippen LogP contribution in [0.1, 0.15) is 32.4 Å². The quantitative estimate of drug-likeness (QED) is 0.729. The van der Waals surface area contributed by atoms with E-state index < -0.39 is 6.10 Å². The van der Waals surface area contributed by atoms with Crippen LogP contribution in [-0.4, -0.2) is 38.1 Å². The zero-order valence-corrected chi connectivity index (χ0v) is 12.9. The molecule has 0 amide bonds. The summed E-state index contributed by atoms with van der Waals surface area (Å²) in [6.45, 7) is 7.78. The lowest BCUT2D eigenvalue weighted by Crippen LogP contribution is -2.32. The molecule has 4 nitrogen and oxygen atoms in total. The predicted octanol–water partition coefficient (Wildman–Crippen LogP) is 2.38. The normalized spacial score (nSPS) is 14.3. The van der Waals surface area contributed by atoms with Gasteiger partial charge in [0.1, 0.15) is 5.75 Å². The molecule has 114 valence electrons. The van der Waals surface area contributed by atoms with Gasteiger partial charge in [-0.05, 0) is 18.9 Å². The molecule has 2 N–H and O–H groups in total. The summed E-state index contributed by atoms with van der Waals surface area (Å²) in [5.74, 6) is 1.35. The molecule has 0 heterocycles. The molecular weight excluding hydrogens is 254 g/mol. The van der Waals surface area contributed by atoms with E-state index in [1.54, 1.807) is 7.11 Å². The largest absolute Gasteiger partial charge is 0.496 e. The molecule has 0 bridgehead atoms. The highest BCUT2D eigenvalue weighted by Gasteiger charge is 2.12. The molecule has 1 unspecified atom stereocenters. The van der Waals surface area contributed by atoms with Crippen molar-refractivity contribution < 1.29 is 14.6 Å². The van der Waals surface area contributed by atoms with Gasteiger partial charge in [0, 0.05) is 24.8 Å². The number of aliphatic hydroxyl groups excluding tert-OH is 1. The summed E-state index contributed by atoms with van der Waals surface area (Å²) in [6, 6.07) is 8.02. The van der Waals surface area contributed by atoms with Crippen molar-refractivity contribution in [2.24, 2.45) is 5.92 Å². The summed E-state index contributed by atoms with van der Waals surface area (Å²) in [7, 11) is 1.67. The van der Waals surface area contributed by atoms with Crippen LogP contribution in [0.2, 0.25) is 0 Å². The van der Waals surface area contributed by atoms with E-state index in [0.29, 0.717) is 25.7 Å². The van der Waals surface area contributed by atoms with Crippen molar-refractivity contribution in [2.75, 3.05) is 26.9 Å². The minimum Gasteiger partial charge on any atom is -0.496 e. The number of para-hydroxylation sites is 1. The number of nitrogens with one attached hydrogen (secondary N) is 1. The number of methoxy groups -OCH3 is 1. The van der Waals surface area contributed by atoms with Crippen LogP contribution in [0.15, 0.2) is 24.3 Å². The Morgan fingerprint density at radius 3 is 2.50 bits per heavy atom. The van der Waals surface area contributed by atoms with Crippen LogP contribution < -0.4 is 10.1 Å². The Balaban J connectivity index is 2.37. The molecule has 0 spiro atoms. The van der Waals surface area contributed by atoms with E-state index in [0.717, 1.165) is 11.3 Å². The number of hydrogen-bond donors (Lipinski definition) is 2. The zero-order valence-electron chi connectivity index (χ0n) is 12.9. The highest BCUT2D eigenvalue weighted by Crippen LogP contribution is 2.24. The summed E-state index contributed by atoms with van der Waals surface area (Å²) in [5, 5.41) is 13.2. The van der Waals surface area contributed by atoms with Gasteiger partial charge in [0.05, 0.1) is 19.8 Å². The molecule has 0 saturated carbocycles. The van der Waals surface area contributed by atoms with Crippen LogP contribution in [-0.2, 0) is 4.74 Å². The Morgan fingerprint density at radius 1 is 1.15 bits per heavy atom. The van der Waals surface area contributed by atoms with E-state index in [4.69, 9.17) is 9.47 Å². The van der Waals surface area contributed by atoms with Gasteiger partial charge in [-0.3, -0.25) is 0 Å². The molecule has 2 atom stereocenters. The fourth-order valence-electron chi connectivity index (χ4n) is 1.95. The fraction of sp³-hybridized carbons (Fsp3) is 0.625. The summed E-state index contributed by atoms with van der Waals surface area (Å²) in [4.78, 5) is 0. The van der Waals surface area contributed by atoms with E-state index in [1.807, 2.05) is 24.3 Å². The first-order valence-electron chi connectivity index (χ1n) is 7.16. The van der Waals surface area contributed by atoms with Crippen LogP contribution in [0, 0.1) is 5.92 Å². The first-order chi connectivity index (χ1) is 9.54. The highest BCUT2D eigenvalue weighted by atomic mass is 16.5. The van der Waals surface area contributed by atoms with Crippen LogP contribution >= 0.6 is 0 Å². The van der Waals surface area contributed by atoms with Gasteiger partial charge in [-0.15, -0.1) is 0 Å². The molecule has 0 aliphatic carbocycles. The van der Waals surface area contributed by atoms with Crippen LogP contribution in [0.5, 0.6) is 5.75 Å². The summed E-state index contributed by atoms with van der Waals surface area (Å²) >= 11 is 0. The van der Waals surface area contributed by atoms with Crippen molar-refractivity contribution in [3.05, 3.63) is 29.8 Å². The van der Waals surface area contributed by atoms with E-state index >= 15 is 0 Å². The van der Waals surface area contributed by atoms with Crippen molar-refractivity contribution in [1.82, 2.24) is 5.32 Å². The lowest BCUT2D eigenvalue weighted by Gasteiger charge is -2.19. The van der Waals surface area contributed by atoms with Gasteiger partial charge in [-0.1, -0.05) is 32.0 Å². The maximum absolute atomic E-state index is 9.87. The van der Waals surface area contributed by atoms with E-state index in [9.17, 15) is 5.11 Å². The number of benzene rings is 1. The van der Waals surface area contributed by atoms with Gasteiger partial charge >= 0.3 is 0 Å². The molecule has 0 aromatic heterocycles. The molecule has 1 aromatic carbocycles. The van der Waals surface area contributed by atoms with Crippen molar-refractivity contribution in [3.8, 4) is 5.75 Å². The van der Waals surface area contributed by atoms with Crippen molar-refractivity contribution in [3.63, 3.8) is 0 Å². The van der Waals surface area contributed by atoms with Gasteiger partial charge < -0.3 is 19.9 Å². The molecule has 1 rings (SSSR count). The van der Waals surface area contributed by atoms with Gasteiger partial charge in [0.25, 0.3) is 0 Å². The molecule has 1 aromatic rings. The second kappa shape index (κ2) is 8.95. The number of hydrogen-bond acceptors (Lipinski definition) is 4. The average Bonchev–Trinajstić information content (AvgIpc) is 2.44. The van der Waals surface area contributed by atoms with Crippen molar-refractivity contribution in [2.45, 2.75) is 32.9 Å². The Morgan fingerprint density at radius 2 is 1.85 bits per heavy atom. The minimum absolute atomic E-state index is 0.117. The van der Waals surface area contributed by atoms with Crippen molar-refractivity contribution >= 4 is 0 Å². The number of rotatable bonds is 9. The third-order valence-corrected chi connectivity index (χ3v) is 3.03. The third-order valence-electron chi connectivity index (χ3n) is 3.03. The van der Waals surface area contributed by atoms with Gasteiger partial charge in [0.2, 0.25) is 0 Å². The maximum Gasteiger partial charge on any atom is 0.123 e. The molecule has 20 heavy (non-hydrogen) atoms. The Bertz CT molecular complexity index is 382. The Kier molecular flexibility index (Phi) is 7.59. The summed E-state index contributed by atoms with van der Waals surface area (Å²) < 4.78 is 10.8. The molecule has 0 aliphatic heterocycles. The topological polar surface area (TPSA) is 50.7 Å². The third kappa shape index (κ3) is 5.90. The summed E-state index contributed by atoms with van der Waals surface area (Å²) in [5.41, 5.74) is 1.09. The highest BCUT2D eigenvalue weighted by molar-refractivity contribution is 5.35. The number of ether oxygens (including phenoxy) is 2.